The Morgan fingerprint density at radius 2 is 1.86 bits per heavy atom. The number of rotatable bonds is 3. The van der Waals surface area contributed by atoms with Gasteiger partial charge in [-0.05, 0) is 46.2 Å². The number of methoxy groups -OCH3 is 1. The third-order valence-electron chi connectivity index (χ3n) is 3.56. The van der Waals surface area contributed by atoms with Gasteiger partial charge in [0, 0.05) is 12.4 Å². The average molecular weight is 312 g/mol. The standard InChI is InChI=1S/C18H14ClNO2/c1-22-18(21)15-7-5-12-9-14(6-4-13(12)10-15)17(19)16-3-2-8-20-11-16/h2-11,17H,1H3. The first-order valence-electron chi connectivity index (χ1n) is 6.85. The Morgan fingerprint density at radius 3 is 2.59 bits per heavy atom. The van der Waals surface area contributed by atoms with E-state index < -0.39 is 0 Å². The van der Waals surface area contributed by atoms with E-state index >= 15 is 0 Å². The number of hydrogen-bond donors (Lipinski definition) is 0. The lowest BCUT2D eigenvalue weighted by Gasteiger charge is -2.11. The van der Waals surface area contributed by atoms with Gasteiger partial charge in [-0.3, -0.25) is 4.98 Å². The summed E-state index contributed by atoms with van der Waals surface area (Å²) < 4.78 is 4.74. The Balaban J connectivity index is 1.98. The lowest BCUT2D eigenvalue weighted by atomic mass is 10.0. The third kappa shape index (κ3) is 2.81. The van der Waals surface area contributed by atoms with Crippen LogP contribution in [0.15, 0.2) is 60.9 Å². The maximum absolute atomic E-state index is 11.6. The van der Waals surface area contributed by atoms with Gasteiger partial charge in [0.25, 0.3) is 0 Å². The molecule has 0 N–H and O–H groups in total. The molecule has 0 aliphatic rings. The molecule has 0 spiro atoms. The van der Waals surface area contributed by atoms with Crippen molar-refractivity contribution in [3.63, 3.8) is 0 Å². The van der Waals surface area contributed by atoms with Crippen LogP contribution < -0.4 is 0 Å². The fraction of sp³-hybridized carbons (Fsp3) is 0.111. The van der Waals surface area contributed by atoms with Crippen molar-refractivity contribution >= 4 is 28.3 Å². The van der Waals surface area contributed by atoms with Crippen molar-refractivity contribution in [1.82, 2.24) is 4.98 Å². The first-order valence-corrected chi connectivity index (χ1v) is 7.28. The summed E-state index contributed by atoms with van der Waals surface area (Å²) in [6.07, 6.45) is 3.49. The largest absolute Gasteiger partial charge is 0.465 e. The normalized spacial score (nSPS) is 12.1. The molecular weight excluding hydrogens is 298 g/mol. The van der Waals surface area contributed by atoms with Crippen LogP contribution in [0, 0.1) is 0 Å². The van der Waals surface area contributed by atoms with E-state index in [1.807, 2.05) is 42.5 Å². The number of hydrogen-bond acceptors (Lipinski definition) is 3. The number of carbonyl (C=O) groups is 1. The van der Waals surface area contributed by atoms with Crippen LogP contribution in [0.25, 0.3) is 10.8 Å². The highest BCUT2D eigenvalue weighted by molar-refractivity contribution is 6.22. The van der Waals surface area contributed by atoms with Crippen LogP contribution in [-0.4, -0.2) is 18.1 Å². The number of benzene rings is 2. The van der Waals surface area contributed by atoms with Crippen molar-refractivity contribution < 1.29 is 9.53 Å². The number of aromatic nitrogens is 1. The number of fused-ring (bicyclic) bond motifs is 1. The van der Waals surface area contributed by atoms with Crippen molar-refractivity contribution in [2.24, 2.45) is 0 Å². The summed E-state index contributed by atoms with van der Waals surface area (Å²) in [4.78, 5) is 15.7. The molecule has 0 radical (unpaired) electrons. The first kappa shape index (κ1) is 14.5. The summed E-state index contributed by atoms with van der Waals surface area (Å²) in [6, 6.07) is 15.3. The van der Waals surface area contributed by atoms with Gasteiger partial charge in [0.15, 0.2) is 0 Å². The highest BCUT2D eigenvalue weighted by Gasteiger charge is 2.12. The maximum Gasteiger partial charge on any atom is 0.337 e. The van der Waals surface area contributed by atoms with Crippen LogP contribution in [0.3, 0.4) is 0 Å². The number of pyridine rings is 1. The number of ether oxygens (including phenoxy) is 1. The fourth-order valence-corrected chi connectivity index (χ4v) is 2.65. The zero-order valence-electron chi connectivity index (χ0n) is 12.0. The van der Waals surface area contributed by atoms with Gasteiger partial charge >= 0.3 is 5.97 Å². The van der Waals surface area contributed by atoms with Crippen LogP contribution in [0.2, 0.25) is 0 Å². The summed E-state index contributed by atoms with van der Waals surface area (Å²) in [6.45, 7) is 0. The summed E-state index contributed by atoms with van der Waals surface area (Å²) in [5, 5.41) is 1.75. The van der Waals surface area contributed by atoms with E-state index in [9.17, 15) is 4.79 Å². The van der Waals surface area contributed by atoms with Gasteiger partial charge in [0.1, 0.15) is 0 Å². The monoisotopic (exact) mass is 311 g/mol. The molecule has 0 saturated carbocycles. The van der Waals surface area contributed by atoms with Crippen LogP contribution in [0.1, 0.15) is 26.9 Å². The molecule has 22 heavy (non-hydrogen) atoms. The molecule has 1 unspecified atom stereocenters. The molecule has 0 bridgehead atoms. The van der Waals surface area contributed by atoms with Crippen LogP contribution >= 0.6 is 11.6 Å². The van der Waals surface area contributed by atoms with Crippen molar-refractivity contribution in [3.05, 3.63) is 77.6 Å². The number of alkyl halides is 1. The summed E-state index contributed by atoms with van der Waals surface area (Å²) in [7, 11) is 1.38. The zero-order valence-corrected chi connectivity index (χ0v) is 12.7. The second kappa shape index (κ2) is 6.16. The Kier molecular flexibility index (Phi) is 4.07. The van der Waals surface area contributed by atoms with Gasteiger partial charge in [-0.15, -0.1) is 11.6 Å². The molecule has 110 valence electrons. The quantitative estimate of drug-likeness (QED) is 0.533. The minimum Gasteiger partial charge on any atom is -0.465 e. The van der Waals surface area contributed by atoms with Gasteiger partial charge in [0.05, 0.1) is 18.1 Å². The van der Waals surface area contributed by atoms with E-state index in [4.69, 9.17) is 16.3 Å². The molecule has 3 nitrogen and oxygen atoms in total. The molecule has 1 heterocycles. The SMILES string of the molecule is COC(=O)c1ccc2cc(C(Cl)c3cccnc3)ccc2c1. The maximum atomic E-state index is 11.6. The number of halogens is 1. The van der Waals surface area contributed by atoms with E-state index in [2.05, 4.69) is 4.98 Å². The molecule has 3 aromatic rings. The predicted octanol–water partition coefficient (Wildman–Crippen LogP) is 4.35. The minimum atomic E-state index is -0.337. The first-order chi connectivity index (χ1) is 10.7. The molecule has 0 amide bonds. The summed E-state index contributed by atoms with van der Waals surface area (Å²) in [5.41, 5.74) is 2.49. The van der Waals surface area contributed by atoms with Gasteiger partial charge in [0.2, 0.25) is 0 Å². The number of carbonyl (C=O) groups excluding carboxylic acids is 1. The van der Waals surface area contributed by atoms with Gasteiger partial charge in [-0.25, -0.2) is 4.79 Å². The van der Waals surface area contributed by atoms with Crippen LogP contribution in [-0.2, 0) is 4.74 Å². The summed E-state index contributed by atoms with van der Waals surface area (Å²) >= 11 is 6.52. The Labute approximate surface area is 133 Å². The molecule has 1 atom stereocenters. The molecule has 0 fully saturated rings. The Bertz CT molecular complexity index is 818. The predicted molar refractivity (Wildman–Crippen MR) is 87.2 cm³/mol. The van der Waals surface area contributed by atoms with E-state index in [-0.39, 0.29) is 11.3 Å². The molecule has 1 aromatic heterocycles. The van der Waals surface area contributed by atoms with Crippen molar-refractivity contribution in [2.75, 3.05) is 7.11 Å². The number of esters is 1. The molecule has 2 aromatic carbocycles. The van der Waals surface area contributed by atoms with Gasteiger partial charge in [-0.1, -0.05) is 24.3 Å². The lowest BCUT2D eigenvalue weighted by Crippen LogP contribution is -2.00. The van der Waals surface area contributed by atoms with E-state index in [0.717, 1.165) is 21.9 Å². The molecular formula is C18H14ClNO2. The fourth-order valence-electron chi connectivity index (χ4n) is 2.39. The highest BCUT2D eigenvalue weighted by Crippen LogP contribution is 2.30. The van der Waals surface area contributed by atoms with E-state index in [1.54, 1.807) is 18.5 Å². The second-order valence-corrected chi connectivity index (χ2v) is 5.40. The minimum absolute atomic E-state index is 0.251. The van der Waals surface area contributed by atoms with E-state index in [1.165, 1.54) is 7.11 Å². The molecule has 0 aliphatic carbocycles. The van der Waals surface area contributed by atoms with Crippen molar-refractivity contribution in [1.29, 1.82) is 0 Å². The Morgan fingerprint density at radius 1 is 1.09 bits per heavy atom. The van der Waals surface area contributed by atoms with Crippen molar-refractivity contribution in [3.8, 4) is 0 Å². The van der Waals surface area contributed by atoms with Crippen LogP contribution in [0.4, 0.5) is 0 Å². The lowest BCUT2D eigenvalue weighted by molar-refractivity contribution is 0.0601. The van der Waals surface area contributed by atoms with Crippen LogP contribution in [0.5, 0.6) is 0 Å². The molecule has 0 saturated heterocycles. The highest BCUT2D eigenvalue weighted by atomic mass is 35.5. The zero-order chi connectivity index (χ0) is 15.5. The van der Waals surface area contributed by atoms with Crippen molar-refractivity contribution in [2.45, 2.75) is 5.38 Å². The second-order valence-electron chi connectivity index (χ2n) is 4.96. The Hall–Kier alpha value is -2.39. The summed E-state index contributed by atoms with van der Waals surface area (Å²) in [5.74, 6) is -0.337. The average Bonchev–Trinajstić information content (AvgIpc) is 2.60. The third-order valence-corrected chi connectivity index (χ3v) is 4.06. The smallest absolute Gasteiger partial charge is 0.337 e. The molecule has 3 rings (SSSR count). The van der Waals surface area contributed by atoms with Gasteiger partial charge in [-0.2, -0.15) is 0 Å². The number of nitrogens with zero attached hydrogens (tertiary/aromatic N) is 1. The van der Waals surface area contributed by atoms with E-state index in [0.29, 0.717) is 5.56 Å². The molecule has 0 aliphatic heterocycles. The topological polar surface area (TPSA) is 39.2 Å². The molecule has 4 heteroatoms. The van der Waals surface area contributed by atoms with Gasteiger partial charge < -0.3 is 4.74 Å².